The van der Waals surface area contributed by atoms with E-state index in [0.29, 0.717) is 12.8 Å². The van der Waals surface area contributed by atoms with Crippen molar-refractivity contribution in [1.82, 2.24) is 15.3 Å². The van der Waals surface area contributed by atoms with E-state index in [-0.39, 0.29) is 6.61 Å². The lowest BCUT2D eigenvalue weighted by Gasteiger charge is -2.19. The third kappa shape index (κ3) is 8.66. The Morgan fingerprint density at radius 3 is 2.52 bits per heavy atom. The third-order valence-electron chi connectivity index (χ3n) is 3.36. The first kappa shape index (κ1) is 20.4. The number of aromatic amines is 1. The Morgan fingerprint density at radius 2 is 2.04 bits per heavy atom. The number of aryl methyl sites for hydroxylation is 1. The van der Waals surface area contributed by atoms with Gasteiger partial charge in [-0.2, -0.15) is 0 Å². The first-order valence-corrected chi connectivity index (χ1v) is 8.16. The maximum atomic E-state index is 11.8. The first-order valence-electron chi connectivity index (χ1n) is 8.16. The topological polar surface area (TPSA) is 104 Å². The van der Waals surface area contributed by atoms with E-state index in [0.717, 1.165) is 5.56 Å². The Bertz CT molecular complexity index is 585. The number of nitrogens with one attached hydrogen (secondary N) is 2. The minimum atomic E-state index is -0.987. The highest BCUT2D eigenvalue weighted by Gasteiger charge is 2.24. The molecule has 0 unspecified atom stereocenters. The molecule has 2 aromatic rings. The minimum Gasteiger partial charge on any atom is -0.480 e. The van der Waals surface area contributed by atoms with Crippen molar-refractivity contribution in [2.75, 3.05) is 6.61 Å². The van der Waals surface area contributed by atoms with Crippen LogP contribution in [-0.2, 0) is 20.7 Å². The Morgan fingerprint density at radius 1 is 1.32 bits per heavy atom. The minimum absolute atomic E-state index is 0.282. The number of rotatable bonds is 8. The van der Waals surface area contributed by atoms with Crippen LogP contribution in [0.15, 0.2) is 49.1 Å². The molecule has 0 spiro atoms. The highest BCUT2D eigenvalue weighted by Crippen LogP contribution is 2.07. The highest BCUT2D eigenvalue weighted by molar-refractivity contribution is 5.78. The second kappa shape index (κ2) is 11.8. The van der Waals surface area contributed by atoms with Crippen LogP contribution in [0, 0.1) is 0 Å². The molecule has 0 fully saturated rings. The van der Waals surface area contributed by atoms with Gasteiger partial charge in [0.25, 0.3) is 0 Å². The number of carboxylic acid groups (broad SMARTS) is 1. The summed E-state index contributed by atoms with van der Waals surface area (Å²) in [6.07, 6.45) is 6.27. The molecule has 1 aromatic heterocycles. The number of benzene rings is 1. The number of imidazole rings is 1. The summed E-state index contributed by atoms with van der Waals surface area (Å²) in [7, 11) is 0. The van der Waals surface area contributed by atoms with Gasteiger partial charge in [0.2, 0.25) is 0 Å². The summed E-state index contributed by atoms with van der Waals surface area (Å²) in [6, 6.07) is 8.34. The second-order valence-corrected chi connectivity index (χ2v) is 5.32. The van der Waals surface area contributed by atoms with Crippen LogP contribution < -0.4 is 5.32 Å². The van der Waals surface area contributed by atoms with Crippen molar-refractivity contribution in [3.05, 3.63) is 54.6 Å². The van der Waals surface area contributed by atoms with E-state index in [1.165, 1.54) is 6.92 Å². The Balaban J connectivity index is 0.000000531. The number of carboxylic acids is 1. The SMILES string of the molecule is CCOC(=O)[C@H](CCc1ccccc1)N[C@@H](C)C(=O)O.c1c[nH]cn1. The zero-order chi connectivity index (χ0) is 18.5. The number of carbonyl (C=O) groups excluding carboxylic acids is 1. The Kier molecular flexibility index (Phi) is 9.62. The molecule has 1 aromatic carbocycles. The predicted octanol–water partition coefficient (Wildman–Crippen LogP) is 2.02. The average molecular weight is 347 g/mol. The van der Waals surface area contributed by atoms with Crippen LogP contribution in [0.1, 0.15) is 25.8 Å². The molecular formula is C18H25N3O4. The van der Waals surface area contributed by atoms with Gasteiger partial charge in [-0.1, -0.05) is 30.3 Å². The van der Waals surface area contributed by atoms with Crippen molar-refractivity contribution in [2.45, 2.75) is 38.8 Å². The van der Waals surface area contributed by atoms with Crippen LogP contribution in [0.3, 0.4) is 0 Å². The number of aromatic nitrogens is 2. The molecule has 25 heavy (non-hydrogen) atoms. The number of ether oxygens (including phenoxy) is 1. The normalized spacial score (nSPS) is 12.4. The standard InChI is InChI=1S/C15H21NO4.C3H4N2/c1-3-20-15(19)13(16-11(2)14(17)18)10-9-12-7-5-4-6-8-12;1-2-5-3-4-1/h4-8,11,13,16H,3,9-10H2,1-2H3,(H,17,18);1-3H,(H,4,5)/t11-,13-;/m0./s1. The third-order valence-corrected chi connectivity index (χ3v) is 3.36. The molecule has 0 aliphatic carbocycles. The van der Waals surface area contributed by atoms with Gasteiger partial charge in [-0.3, -0.25) is 14.9 Å². The maximum absolute atomic E-state index is 11.8. The molecule has 2 rings (SSSR count). The van der Waals surface area contributed by atoms with Crippen molar-refractivity contribution >= 4 is 11.9 Å². The number of esters is 1. The van der Waals surface area contributed by atoms with E-state index in [4.69, 9.17) is 9.84 Å². The summed E-state index contributed by atoms with van der Waals surface area (Å²) in [5.74, 6) is -1.39. The monoisotopic (exact) mass is 347 g/mol. The van der Waals surface area contributed by atoms with Crippen molar-refractivity contribution in [1.29, 1.82) is 0 Å². The molecule has 1 heterocycles. The molecule has 0 aliphatic rings. The van der Waals surface area contributed by atoms with Gasteiger partial charge < -0.3 is 14.8 Å². The first-order chi connectivity index (χ1) is 12.0. The lowest BCUT2D eigenvalue weighted by Crippen LogP contribution is -2.46. The fourth-order valence-corrected chi connectivity index (χ4v) is 2.06. The molecule has 0 aliphatic heterocycles. The zero-order valence-electron chi connectivity index (χ0n) is 14.5. The van der Waals surface area contributed by atoms with Gasteiger partial charge in [-0.05, 0) is 32.3 Å². The van der Waals surface area contributed by atoms with Gasteiger partial charge in [-0.25, -0.2) is 4.98 Å². The molecule has 3 N–H and O–H groups in total. The zero-order valence-corrected chi connectivity index (χ0v) is 14.5. The van der Waals surface area contributed by atoms with E-state index in [1.807, 2.05) is 30.3 Å². The van der Waals surface area contributed by atoms with Gasteiger partial charge >= 0.3 is 11.9 Å². The lowest BCUT2D eigenvalue weighted by molar-refractivity contribution is -0.147. The summed E-state index contributed by atoms with van der Waals surface area (Å²) in [4.78, 5) is 29.1. The number of H-pyrrole nitrogens is 1. The summed E-state index contributed by atoms with van der Waals surface area (Å²) in [5.41, 5.74) is 1.10. The Hall–Kier alpha value is -2.67. The largest absolute Gasteiger partial charge is 0.480 e. The molecule has 0 saturated carbocycles. The van der Waals surface area contributed by atoms with Gasteiger partial charge in [-0.15, -0.1) is 0 Å². The molecular weight excluding hydrogens is 322 g/mol. The molecule has 2 atom stereocenters. The van der Waals surface area contributed by atoms with Crippen LogP contribution in [0.25, 0.3) is 0 Å². The summed E-state index contributed by atoms with van der Waals surface area (Å²) < 4.78 is 4.98. The average Bonchev–Trinajstić information content (AvgIpc) is 3.19. The van der Waals surface area contributed by atoms with E-state index >= 15 is 0 Å². The fraction of sp³-hybridized carbons (Fsp3) is 0.389. The van der Waals surface area contributed by atoms with Gasteiger partial charge in [0, 0.05) is 12.4 Å². The number of nitrogens with zero attached hydrogens (tertiary/aromatic N) is 1. The summed E-state index contributed by atoms with van der Waals surface area (Å²) in [6.45, 7) is 3.52. The predicted molar refractivity (Wildman–Crippen MR) is 94.0 cm³/mol. The number of carbonyl (C=O) groups is 2. The highest BCUT2D eigenvalue weighted by atomic mass is 16.5. The number of hydrogen-bond donors (Lipinski definition) is 3. The van der Waals surface area contributed by atoms with Crippen LogP contribution >= 0.6 is 0 Å². The van der Waals surface area contributed by atoms with E-state index in [9.17, 15) is 9.59 Å². The summed E-state index contributed by atoms with van der Waals surface area (Å²) >= 11 is 0. The molecule has 0 bridgehead atoms. The smallest absolute Gasteiger partial charge is 0.323 e. The van der Waals surface area contributed by atoms with Crippen LogP contribution in [0.5, 0.6) is 0 Å². The maximum Gasteiger partial charge on any atom is 0.323 e. The number of hydrogen-bond acceptors (Lipinski definition) is 5. The summed E-state index contributed by atoms with van der Waals surface area (Å²) in [5, 5.41) is 11.7. The fourth-order valence-electron chi connectivity index (χ4n) is 2.06. The van der Waals surface area contributed by atoms with Crippen LogP contribution in [0.2, 0.25) is 0 Å². The van der Waals surface area contributed by atoms with Crippen molar-refractivity contribution in [3.63, 3.8) is 0 Å². The van der Waals surface area contributed by atoms with Crippen molar-refractivity contribution in [2.24, 2.45) is 0 Å². The molecule has 7 heteroatoms. The molecule has 0 amide bonds. The van der Waals surface area contributed by atoms with Crippen LogP contribution in [0.4, 0.5) is 0 Å². The molecule has 7 nitrogen and oxygen atoms in total. The van der Waals surface area contributed by atoms with E-state index < -0.39 is 24.0 Å². The lowest BCUT2D eigenvalue weighted by atomic mass is 10.0. The van der Waals surface area contributed by atoms with E-state index in [2.05, 4.69) is 15.3 Å². The number of aliphatic carboxylic acids is 1. The van der Waals surface area contributed by atoms with E-state index in [1.54, 1.807) is 25.6 Å². The van der Waals surface area contributed by atoms with Gasteiger partial charge in [0.1, 0.15) is 12.1 Å². The van der Waals surface area contributed by atoms with Crippen molar-refractivity contribution < 1.29 is 19.4 Å². The van der Waals surface area contributed by atoms with Gasteiger partial charge in [0.05, 0.1) is 12.9 Å². The van der Waals surface area contributed by atoms with Crippen LogP contribution in [-0.4, -0.2) is 45.7 Å². The second-order valence-electron chi connectivity index (χ2n) is 5.32. The molecule has 136 valence electrons. The van der Waals surface area contributed by atoms with Crippen molar-refractivity contribution in [3.8, 4) is 0 Å². The quantitative estimate of drug-likeness (QED) is 0.631. The molecule has 0 saturated heterocycles. The molecule has 0 radical (unpaired) electrons. The Labute approximate surface area is 147 Å². The van der Waals surface area contributed by atoms with Gasteiger partial charge in [0.15, 0.2) is 0 Å².